The van der Waals surface area contributed by atoms with E-state index in [0.29, 0.717) is 29.9 Å². The predicted octanol–water partition coefficient (Wildman–Crippen LogP) is 5.96. The number of anilines is 1. The Morgan fingerprint density at radius 1 is 1.00 bits per heavy atom. The quantitative estimate of drug-likeness (QED) is 0.516. The number of amides is 1. The van der Waals surface area contributed by atoms with Crippen molar-refractivity contribution in [3.8, 4) is 28.4 Å². The second kappa shape index (κ2) is 7.72. The number of hydrogen-bond donors (Lipinski definition) is 1. The van der Waals surface area contributed by atoms with Gasteiger partial charge in [-0.05, 0) is 66.3 Å². The van der Waals surface area contributed by atoms with E-state index >= 15 is 0 Å². The van der Waals surface area contributed by atoms with Crippen LogP contribution in [-0.4, -0.2) is 19.1 Å². The number of alkyl halides is 3. The minimum Gasteiger partial charge on any atom is -0.454 e. The van der Waals surface area contributed by atoms with E-state index in [1.165, 1.54) is 12.1 Å². The maximum absolute atomic E-state index is 13.3. The van der Waals surface area contributed by atoms with Crippen LogP contribution >= 0.6 is 0 Å². The molecule has 0 radical (unpaired) electrons. The number of hydrogen-bond acceptors (Lipinski definition) is 4. The summed E-state index contributed by atoms with van der Waals surface area (Å²) < 4.78 is 54.0. The van der Waals surface area contributed by atoms with Gasteiger partial charge in [0.05, 0.1) is 11.1 Å². The first-order valence-corrected chi connectivity index (χ1v) is 10.4. The lowest BCUT2D eigenvalue weighted by Gasteiger charge is -2.20. The Bertz CT molecular complexity index is 1230. The van der Waals surface area contributed by atoms with Crippen molar-refractivity contribution in [1.82, 2.24) is 0 Å². The van der Waals surface area contributed by atoms with Crippen LogP contribution < -0.4 is 19.5 Å². The standard InChI is InChI=1S/C25H20F3NO4/c1-15-4-2-3-5-18(15)16-6-8-20(33-25(26,27)28)19(12-16)29-23(30)24(10-11-24)17-7-9-21-22(13-17)32-14-31-21/h2-9,12-13H,10-11,14H2,1H3,(H,29,30). The molecule has 1 aliphatic carbocycles. The maximum Gasteiger partial charge on any atom is 0.573 e. The highest BCUT2D eigenvalue weighted by Crippen LogP contribution is 2.51. The van der Waals surface area contributed by atoms with Crippen molar-refractivity contribution in [2.75, 3.05) is 12.1 Å². The highest BCUT2D eigenvalue weighted by molar-refractivity contribution is 6.02. The van der Waals surface area contributed by atoms with Gasteiger partial charge in [0.2, 0.25) is 12.7 Å². The fraction of sp³-hybridized carbons (Fsp3) is 0.240. The van der Waals surface area contributed by atoms with Crippen molar-refractivity contribution in [2.45, 2.75) is 31.5 Å². The third kappa shape index (κ3) is 4.08. The number of ether oxygens (including phenoxy) is 3. The Morgan fingerprint density at radius 2 is 1.76 bits per heavy atom. The Morgan fingerprint density at radius 3 is 2.48 bits per heavy atom. The second-order valence-electron chi connectivity index (χ2n) is 8.18. The van der Waals surface area contributed by atoms with Gasteiger partial charge < -0.3 is 19.5 Å². The molecular weight excluding hydrogens is 435 g/mol. The molecule has 0 aromatic heterocycles. The van der Waals surface area contributed by atoms with Crippen LogP contribution in [0, 0.1) is 6.92 Å². The molecule has 5 nitrogen and oxygen atoms in total. The van der Waals surface area contributed by atoms with E-state index in [2.05, 4.69) is 10.1 Å². The highest BCUT2D eigenvalue weighted by Gasteiger charge is 2.52. The lowest BCUT2D eigenvalue weighted by Crippen LogP contribution is -2.28. The third-order valence-electron chi connectivity index (χ3n) is 6.02. The third-order valence-corrected chi connectivity index (χ3v) is 6.02. The Balaban J connectivity index is 1.49. The predicted molar refractivity (Wildman–Crippen MR) is 115 cm³/mol. The van der Waals surface area contributed by atoms with Gasteiger partial charge in [-0.1, -0.05) is 36.4 Å². The number of fused-ring (bicyclic) bond motifs is 1. The lowest BCUT2D eigenvalue weighted by molar-refractivity contribution is -0.274. The zero-order valence-electron chi connectivity index (χ0n) is 17.7. The van der Waals surface area contributed by atoms with E-state index in [-0.39, 0.29) is 12.5 Å². The number of benzene rings is 3. The molecule has 0 unspecified atom stereocenters. The molecule has 0 spiro atoms. The minimum atomic E-state index is -4.89. The van der Waals surface area contributed by atoms with Crippen LogP contribution in [0.1, 0.15) is 24.0 Å². The molecule has 1 fully saturated rings. The van der Waals surface area contributed by atoms with Crippen LogP contribution in [0.2, 0.25) is 0 Å². The van der Waals surface area contributed by atoms with Gasteiger partial charge in [0.15, 0.2) is 17.2 Å². The normalized spacial score (nSPS) is 15.8. The van der Waals surface area contributed by atoms with Crippen LogP contribution in [0.3, 0.4) is 0 Å². The summed E-state index contributed by atoms with van der Waals surface area (Å²) in [6.07, 6.45) is -3.74. The summed E-state index contributed by atoms with van der Waals surface area (Å²) in [4.78, 5) is 13.3. The first kappa shape index (κ1) is 21.2. The van der Waals surface area contributed by atoms with Gasteiger partial charge in [-0.25, -0.2) is 0 Å². The SMILES string of the molecule is Cc1ccccc1-c1ccc(OC(F)(F)F)c(NC(=O)C2(c3ccc4c(c3)OCO4)CC2)c1. The molecule has 0 bridgehead atoms. The first-order valence-electron chi connectivity index (χ1n) is 10.4. The average molecular weight is 455 g/mol. The van der Waals surface area contributed by atoms with Gasteiger partial charge in [-0.15, -0.1) is 13.2 Å². The van der Waals surface area contributed by atoms with E-state index in [0.717, 1.165) is 16.7 Å². The molecule has 5 rings (SSSR count). The maximum atomic E-state index is 13.3. The van der Waals surface area contributed by atoms with Gasteiger partial charge in [-0.3, -0.25) is 4.79 Å². The van der Waals surface area contributed by atoms with Gasteiger partial charge in [0.1, 0.15) is 0 Å². The summed E-state index contributed by atoms with van der Waals surface area (Å²) in [6.45, 7) is 2.02. The molecule has 0 saturated heterocycles. The molecule has 3 aromatic carbocycles. The summed E-state index contributed by atoms with van der Waals surface area (Å²) in [6, 6.07) is 17.1. The average Bonchev–Trinajstić information content (AvgIpc) is 3.45. The van der Waals surface area contributed by atoms with Crippen molar-refractivity contribution in [3.63, 3.8) is 0 Å². The molecule has 170 valence electrons. The summed E-state index contributed by atoms with van der Waals surface area (Å²) in [5.41, 5.74) is 2.34. The van der Waals surface area contributed by atoms with Crippen molar-refractivity contribution in [1.29, 1.82) is 0 Å². The number of aryl methyl sites for hydroxylation is 1. The summed E-state index contributed by atoms with van der Waals surface area (Å²) >= 11 is 0. The van der Waals surface area contributed by atoms with Crippen molar-refractivity contribution in [3.05, 3.63) is 71.8 Å². The minimum absolute atomic E-state index is 0.0369. The van der Waals surface area contributed by atoms with Gasteiger partial charge in [0.25, 0.3) is 0 Å². The Kier molecular flexibility index (Phi) is 4.96. The molecule has 8 heteroatoms. The Labute approximate surface area is 188 Å². The zero-order valence-corrected chi connectivity index (χ0v) is 17.7. The largest absolute Gasteiger partial charge is 0.573 e. The molecule has 1 aliphatic heterocycles. The number of nitrogens with one attached hydrogen (secondary N) is 1. The molecule has 3 aromatic rings. The molecule has 1 saturated carbocycles. The summed E-state index contributed by atoms with van der Waals surface area (Å²) in [5.74, 6) is 0.293. The molecule has 0 atom stereocenters. The van der Waals surface area contributed by atoms with E-state index in [4.69, 9.17) is 9.47 Å². The van der Waals surface area contributed by atoms with Crippen LogP contribution in [0.25, 0.3) is 11.1 Å². The lowest BCUT2D eigenvalue weighted by atomic mass is 9.94. The Hall–Kier alpha value is -3.68. The number of carbonyl (C=O) groups is 1. The molecule has 1 heterocycles. The fourth-order valence-electron chi connectivity index (χ4n) is 4.11. The van der Waals surface area contributed by atoms with Gasteiger partial charge >= 0.3 is 6.36 Å². The first-order chi connectivity index (χ1) is 15.7. The smallest absolute Gasteiger partial charge is 0.454 e. The monoisotopic (exact) mass is 455 g/mol. The molecule has 2 aliphatic rings. The van der Waals surface area contributed by atoms with E-state index in [1.54, 1.807) is 24.3 Å². The topological polar surface area (TPSA) is 56.8 Å². The molecule has 33 heavy (non-hydrogen) atoms. The van der Waals surface area contributed by atoms with Crippen molar-refractivity contribution < 1.29 is 32.2 Å². The van der Waals surface area contributed by atoms with Crippen molar-refractivity contribution in [2.24, 2.45) is 0 Å². The fourth-order valence-corrected chi connectivity index (χ4v) is 4.11. The molecule has 1 amide bonds. The number of halogens is 3. The van der Waals surface area contributed by atoms with Gasteiger partial charge in [0, 0.05) is 0 Å². The van der Waals surface area contributed by atoms with Crippen LogP contribution in [0.15, 0.2) is 60.7 Å². The number of rotatable bonds is 5. The van der Waals surface area contributed by atoms with Gasteiger partial charge in [-0.2, -0.15) is 0 Å². The highest BCUT2D eigenvalue weighted by atomic mass is 19.4. The van der Waals surface area contributed by atoms with E-state index in [1.807, 2.05) is 31.2 Å². The van der Waals surface area contributed by atoms with E-state index < -0.39 is 23.4 Å². The molecule has 1 N–H and O–H groups in total. The summed E-state index contributed by atoms with van der Waals surface area (Å²) in [7, 11) is 0. The number of carbonyl (C=O) groups excluding carboxylic acids is 1. The molecular formula is C25H20F3NO4. The van der Waals surface area contributed by atoms with Crippen LogP contribution in [0.4, 0.5) is 18.9 Å². The zero-order chi connectivity index (χ0) is 23.2. The second-order valence-corrected chi connectivity index (χ2v) is 8.18. The van der Waals surface area contributed by atoms with Crippen LogP contribution in [-0.2, 0) is 10.2 Å². The van der Waals surface area contributed by atoms with Crippen LogP contribution in [0.5, 0.6) is 17.2 Å². The summed E-state index contributed by atoms with van der Waals surface area (Å²) in [5, 5.41) is 2.70. The van der Waals surface area contributed by atoms with Crippen molar-refractivity contribution >= 4 is 11.6 Å². The van der Waals surface area contributed by atoms with E-state index in [9.17, 15) is 18.0 Å².